The molecule has 0 aromatic heterocycles. The van der Waals surface area contributed by atoms with E-state index < -0.39 is 25.8 Å². The van der Waals surface area contributed by atoms with Crippen molar-refractivity contribution >= 4 is 7.60 Å². The van der Waals surface area contributed by atoms with E-state index in [1.165, 1.54) is 0 Å². The first-order valence-electron chi connectivity index (χ1n) is 3.29. The van der Waals surface area contributed by atoms with Gasteiger partial charge in [-0.3, -0.25) is 4.57 Å². The molecule has 0 aromatic carbocycles. The molecule has 0 aliphatic heterocycles. The van der Waals surface area contributed by atoms with Crippen LogP contribution in [0.4, 0.5) is 17.6 Å². The van der Waals surface area contributed by atoms with Crippen LogP contribution in [0.5, 0.6) is 0 Å². The summed E-state index contributed by atoms with van der Waals surface area (Å²) in [5.41, 5.74) is -5.06. The predicted octanol–water partition coefficient (Wildman–Crippen LogP) is 2.46. The van der Waals surface area contributed by atoms with Gasteiger partial charge < -0.3 is 9.42 Å². The zero-order valence-electron chi connectivity index (χ0n) is 6.93. The number of halogens is 4. The van der Waals surface area contributed by atoms with E-state index in [-0.39, 0.29) is 6.92 Å². The van der Waals surface area contributed by atoms with Crippen LogP contribution in [0.15, 0.2) is 0 Å². The van der Waals surface area contributed by atoms with Crippen molar-refractivity contribution in [3.8, 4) is 0 Å². The number of rotatable bonds is 4. The van der Waals surface area contributed by atoms with E-state index in [9.17, 15) is 22.1 Å². The normalized spacial score (nSPS) is 18.4. The van der Waals surface area contributed by atoms with E-state index in [1.807, 2.05) is 0 Å². The Balaban J connectivity index is 4.93. The van der Waals surface area contributed by atoms with Crippen molar-refractivity contribution in [2.75, 3.05) is 6.61 Å². The molecule has 0 rings (SSSR count). The summed E-state index contributed by atoms with van der Waals surface area (Å²) in [6, 6.07) is 0. The molecule has 0 aliphatic rings. The third-order valence-electron chi connectivity index (χ3n) is 1.19. The van der Waals surface area contributed by atoms with Crippen molar-refractivity contribution in [3.63, 3.8) is 0 Å². The third kappa shape index (κ3) is 2.42. The second-order valence-corrected chi connectivity index (χ2v) is 4.23. The Kier molecular flexibility index (Phi) is 3.52. The summed E-state index contributed by atoms with van der Waals surface area (Å²) in [6.07, 6.45) is 0. The minimum Gasteiger partial charge on any atom is -0.320 e. The van der Waals surface area contributed by atoms with Gasteiger partial charge >= 0.3 is 19.2 Å². The van der Waals surface area contributed by atoms with E-state index in [0.717, 1.165) is 6.92 Å². The van der Waals surface area contributed by atoms with Gasteiger partial charge in [0.2, 0.25) is 0 Å². The van der Waals surface area contributed by atoms with Gasteiger partial charge in [0.1, 0.15) is 0 Å². The van der Waals surface area contributed by atoms with Crippen molar-refractivity contribution in [1.82, 2.24) is 0 Å². The minimum atomic E-state index is -5.60. The number of alkyl halides is 4. The molecule has 1 unspecified atom stereocenters. The Morgan fingerprint density at radius 2 is 1.77 bits per heavy atom. The molecule has 1 atom stereocenters. The smallest absolute Gasteiger partial charge is 0.320 e. The van der Waals surface area contributed by atoms with Gasteiger partial charge in [0, 0.05) is 6.92 Å². The molecule has 0 radical (unpaired) electrons. The van der Waals surface area contributed by atoms with Crippen molar-refractivity contribution in [2.45, 2.75) is 25.4 Å². The molecule has 0 aliphatic carbocycles. The highest BCUT2D eigenvalue weighted by Gasteiger charge is 2.66. The summed E-state index contributed by atoms with van der Waals surface area (Å²) in [4.78, 5) is 8.48. The van der Waals surface area contributed by atoms with Gasteiger partial charge in [-0.1, -0.05) is 0 Å². The average Bonchev–Trinajstić information content (AvgIpc) is 1.84. The highest BCUT2D eigenvalue weighted by atomic mass is 31.2. The Bertz CT molecular complexity index is 224. The van der Waals surface area contributed by atoms with Gasteiger partial charge in [-0.15, -0.1) is 0 Å². The monoisotopic (exact) mass is 224 g/mol. The average molecular weight is 224 g/mol. The van der Waals surface area contributed by atoms with Gasteiger partial charge in [0.25, 0.3) is 0 Å². The van der Waals surface area contributed by atoms with Crippen molar-refractivity contribution < 1.29 is 31.5 Å². The first kappa shape index (κ1) is 12.9. The fourth-order valence-electron chi connectivity index (χ4n) is 0.504. The minimum absolute atomic E-state index is 0.144. The largest absolute Gasteiger partial charge is 0.407 e. The second kappa shape index (κ2) is 3.55. The van der Waals surface area contributed by atoms with Gasteiger partial charge in [0.05, 0.1) is 6.61 Å². The number of hydrogen-bond acceptors (Lipinski definition) is 2. The van der Waals surface area contributed by atoms with Gasteiger partial charge in [-0.25, -0.2) is 0 Å². The van der Waals surface area contributed by atoms with Crippen molar-refractivity contribution in [3.05, 3.63) is 0 Å². The summed E-state index contributed by atoms with van der Waals surface area (Å²) in [5, 5.41) is 0. The molecule has 0 fully saturated rings. The van der Waals surface area contributed by atoms with E-state index in [4.69, 9.17) is 4.89 Å². The van der Waals surface area contributed by atoms with Crippen LogP contribution in [0.2, 0.25) is 0 Å². The van der Waals surface area contributed by atoms with Crippen LogP contribution in [-0.4, -0.2) is 23.1 Å². The zero-order chi connectivity index (χ0) is 10.9. The Labute approximate surface area is 72.2 Å². The zero-order valence-corrected chi connectivity index (χ0v) is 7.82. The van der Waals surface area contributed by atoms with Crippen molar-refractivity contribution in [2.24, 2.45) is 0 Å². The fourth-order valence-corrected chi connectivity index (χ4v) is 1.51. The molecule has 0 saturated heterocycles. The molecule has 13 heavy (non-hydrogen) atoms. The van der Waals surface area contributed by atoms with Crippen LogP contribution in [0.1, 0.15) is 13.8 Å². The summed E-state index contributed by atoms with van der Waals surface area (Å²) in [6.45, 7) is 0.459. The summed E-state index contributed by atoms with van der Waals surface area (Å²) in [5.74, 6) is -4.59. The number of hydrogen-bond donors (Lipinski definition) is 1. The maximum absolute atomic E-state index is 12.5. The first-order valence-corrected chi connectivity index (χ1v) is 4.87. The van der Waals surface area contributed by atoms with E-state index in [2.05, 4.69) is 4.52 Å². The molecule has 0 saturated carbocycles. The summed E-state index contributed by atoms with van der Waals surface area (Å²) in [7, 11) is -5.60. The highest BCUT2D eigenvalue weighted by Crippen LogP contribution is 2.63. The Hall–Kier alpha value is -0.130. The lowest BCUT2D eigenvalue weighted by atomic mass is 10.4. The fraction of sp³-hybridized carbons (Fsp3) is 1.00. The van der Waals surface area contributed by atoms with E-state index in [1.54, 1.807) is 0 Å². The van der Waals surface area contributed by atoms with E-state index >= 15 is 0 Å². The molecular formula is C5H9F4O3P. The van der Waals surface area contributed by atoms with Gasteiger partial charge in [-0.05, 0) is 6.92 Å². The van der Waals surface area contributed by atoms with Crippen LogP contribution in [0.3, 0.4) is 0 Å². The maximum Gasteiger partial charge on any atom is 0.407 e. The molecule has 0 heterocycles. The Morgan fingerprint density at radius 1 is 1.38 bits per heavy atom. The standard InChI is InChI=1S/C5H9F4O3P/c1-3-12-13(10,11)5(8,9)4(2,6)7/h3H2,1-2H3,(H,10,11). The molecule has 8 heteroatoms. The molecule has 1 N–H and O–H groups in total. The van der Waals surface area contributed by atoms with Crippen LogP contribution < -0.4 is 0 Å². The molecule has 80 valence electrons. The molecule has 0 spiro atoms. The van der Waals surface area contributed by atoms with Crippen molar-refractivity contribution in [1.29, 1.82) is 0 Å². The SMILES string of the molecule is CCOP(=O)(O)C(F)(F)C(C)(F)F. The summed E-state index contributed by atoms with van der Waals surface area (Å²) >= 11 is 0. The van der Waals surface area contributed by atoms with Crippen LogP contribution in [0.25, 0.3) is 0 Å². The van der Waals surface area contributed by atoms with Crippen LogP contribution >= 0.6 is 7.60 Å². The lowest BCUT2D eigenvalue weighted by Crippen LogP contribution is -2.37. The third-order valence-corrected chi connectivity index (χ3v) is 2.90. The van der Waals surface area contributed by atoms with Gasteiger partial charge in [-0.2, -0.15) is 17.6 Å². The predicted molar refractivity (Wildman–Crippen MR) is 37.0 cm³/mol. The lowest BCUT2D eigenvalue weighted by molar-refractivity contribution is -0.156. The topological polar surface area (TPSA) is 46.5 Å². The second-order valence-electron chi connectivity index (χ2n) is 2.37. The van der Waals surface area contributed by atoms with Crippen LogP contribution in [-0.2, 0) is 9.09 Å². The quantitative estimate of drug-likeness (QED) is 0.589. The van der Waals surface area contributed by atoms with E-state index in [0.29, 0.717) is 0 Å². The van der Waals surface area contributed by atoms with Crippen LogP contribution in [0, 0.1) is 0 Å². The summed E-state index contributed by atoms with van der Waals surface area (Å²) < 4.78 is 63.6. The lowest BCUT2D eigenvalue weighted by Gasteiger charge is -2.26. The maximum atomic E-state index is 12.5. The Morgan fingerprint density at radius 3 is 2.00 bits per heavy atom. The highest BCUT2D eigenvalue weighted by molar-refractivity contribution is 7.54. The molecular weight excluding hydrogens is 215 g/mol. The molecule has 0 aromatic rings. The van der Waals surface area contributed by atoms with Gasteiger partial charge in [0.15, 0.2) is 0 Å². The first-order chi connectivity index (χ1) is 5.56. The molecule has 0 bridgehead atoms. The molecule has 0 amide bonds. The molecule has 3 nitrogen and oxygen atoms in total.